The summed E-state index contributed by atoms with van der Waals surface area (Å²) in [5, 5.41) is 0.693. The van der Waals surface area contributed by atoms with E-state index in [1.165, 1.54) is 11.8 Å². The zero-order valence-corrected chi connectivity index (χ0v) is 13.4. The Morgan fingerprint density at radius 1 is 1.10 bits per heavy atom. The Morgan fingerprint density at radius 3 is 2.60 bits per heavy atom. The van der Waals surface area contributed by atoms with Gasteiger partial charge in [-0.05, 0) is 35.9 Å². The fourth-order valence-corrected chi connectivity index (χ4v) is 3.96. The van der Waals surface area contributed by atoms with Crippen LogP contribution in [0, 0.1) is 0 Å². The van der Waals surface area contributed by atoms with E-state index >= 15 is 0 Å². The van der Waals surface area contributed by atoms with Crippen molar-refractivity contribution in [1.82, 2.24) is 0 Å². The summed E-state index contributed by atoms with van der Waals surface area (Å²) in [5.41, 5.74) is 1.04. The van der Waals surface area contributed by atoms with Crippen molar-refractivity contribution in [2.45, 2.75) is 21.1 Å². The molecule has 0 bridgehead atoms. The molecule has 1 nitrogen and oxygen atoms in total. The van der Waals surface area contributed by atoms with Crippen LogP contribution in [0.3, 0.4) is 0 Å². The SMILES string of the molecule is Clc1ccc2c(c1)CC(C(Cl)(Cl)Sc1ccccc1)O2. The lowest BCUT2D eigenvalue weighted by molar-refractivity contribution is 0.239. The average molecular weight is 346 g/mol. The number of benzene rings is 2. The fourth-order valence-electron chi connectivity index (χ4n) is 2.12. The number of thioether (sulfide) groups is 1. The summed E-state index contributed by atoms with van der Waals surface area (Å²) in [6.45, 7) is 0. The highest BCUT2D eigenvalue weighted by molar-refractivity contribution is 8.03. The standard InChI is InChI=1S/C15H11Cl3OS/c16-11-6-7-13-10(8-11)9-14(19-13)15(17,18)20-12-4-2-1-3-5-12/h1-8,14H,9H2. The molecule has 2 aromatic carbocycles. The van der Waals surface area contributed by atoms with Crippen LogP contribution in [0.4, 0.5) is 0 Å². The van der Waals surface area contributed by atoms with Crippen molar-refractivity contribution in [3.63, 3.8) is 0 Å². The lowest BCUT2D eigenvalue weighted by Crippen LogP contribution is -2.31. The lowest BCUT2D eigenvalue weighted by atomic mass is 10.1. The monoisotopic (exact) mass is 344 g/mol. The van der Waals surface area contributed by atoms with E-state index in [9.17, 15) is 0 Å². The molecule has 1 atom stereocenters. The molecule has 0 radical (unpaired) electrons. The molecule has 0 fully saturated rings. The maximum atomic E-state index is 6.48. The molecule has 0 aromatic heterocycles. The van der Waals surface area contributed by atoms with E-state index < -0.39 is 3.67 Å². The van der Waals surface area contributed by atoms with Gasteiger partial charge in [0, 0.05) is 16.3 Å². The Morgan fingerprint density at radius 2 is 1.85 bits per heavy atom. The average Bonchev–Trinajstić information content (AvgIpc) is 2.83. The zero-order chi connectivity index (χ0) is 14.2. The predicted octanol–water partition coefficient (Wildman–Crippen LogP) is 5.57. The van der Waals surface area contributed by atoms with Gasteiger partial charge in [-0.3, -0.25) is 0 Å². The predicted molar refractivity (Wildman–Crippen MR) is 86.3 cm³/mol. The summed E-state index contributed by atoms with van der Waals surface area (Å²) in [6.07, 6.45) is 0.354. The minimum atomic E-state index is -1.05. The molecular formula is C15H11Cl3OS. The Bertz CT molecular complexity index is 616. The van der Waals surface area contributed by atoms with Crippen LogP contribution in [-0.2, 0) is 6.42 Å². The van der Waals surface area contributed by atoms with Gasteiger partial charge >= 0.3 is 0 Å². The molecule has 0 saturated heterocycles. The van der Waals surface area contributed by atoms with Gasteiger partial charge in [0.1, 0.15) is 11.9 Å². The first-order chi connectivity index (χ1) is 9.54. The maximum Gasteiger partial charge on any atom is 0.204 e. The van der Waals surface area contributed by atoms with Crippen LogP contribution in [0.2, 0.25) is 5.02 Å². The van der Waals surface area contributed by atoms with Gasteiger partial charge in [-0.1, -0.05) is 64.8 Å². The molecule has 1 aliphatic heterocycles. The Hall–Kier alpha value is -0.540. The molecule has 1 unspecified atom stereocenters. The summed E-state index contributed by atoms with van der Waals surface area (Å²) in [5.74, 6) is 0.804. The largest absolute Gasteiger partial charge is 0.486 e. The first kappa shape index (κ1) is 14.4. The molecule has 104 valence electrons. The topological polar surface area (TPSA) is 9.23 Å². The lowest BCUT2D eigenvalue weighted by Gasteiger charge is -2.25. The van der Waals surface area contributed by atoms with Crippen LogP contribution in [-0.4, -0.2) is 9.77 Å². The number of hydrogen-bond acceptors (Lipinski definition) is 2. The van der Waals surface area contributed by atoms with Crippen LogP contribution in [0.5, 0.6) is 5.75 Å². The number of halogens is 3. The van der Waals surface area contributed by atoms with Crippen LogP contribution in [0.1, 0.15) is 5.56 Å². The van der Waals surface area contributed by atoms with E-state index in [1.54, 1.807) is 6.07 Å². The van der Waals surface area contributed by atoms with Crippen molar-refractivity contribution < 1.29 is 4.74 Å². The molecule has 1 aliphatic rings. The van der Waals surface area contributed by atoms with Gasteiger partial charge in [-0.2, -0.15) is 0 Å². The molecule has 0 N–H and O–H groups in total. The van der Waals surface area contributed by atoms with Crippen LogP contribution < -0.4 is 4.74 Å². The highest BCUT2D eigenvalue weighted by Crippen LogP contribution is 2.48. The minimum absolute atomic E-state index is 0.301. The summed E-state index contributed by atoms with van der Waals surface area (Å²) in [6, 6.07) is 15.4. The van der Waals surface area contributed by atoms with Crippen LogP contribution in [0.25, 0.3) is 0 Å². The molecule has 5 heteroatoms. The van der Waals surface area contributed by atoms with E-state index in [0.717, 1.165) is 16.2 Å². The van der Waals surface area contributed by atoms with Gasteiger partial charge in [0.05, 0.1) is 0 Å². The van der Waals surface area contributed by atoms with E-state index in [-0.39, 0.29) is 6.10 Å². The second-order valence-corrected chi connectivity index (χ2v) is 8.13. The Kier molecular flexibility index (Phi) is 4.09. The minimum Gasteiger partial charge on any atom is -0.486 e. The van der Waals surface area contributed by atoms with Crippen molar-refractivity contribution >= 4 is 46.6 Å². The number of ether oxygens (including phenoxy) is 1. The Labute approximate surface area is 137 Å². The van der Waals surface area contributed by atoms with Gasteiger partial charge in [0.2, 0.25) is 3.67 Å². The molecule has 1 heterocycles. The normalized spacial score (nSPS) is 17.6. The van der Waals surface area contributed by atoms with Gasteiger partial charge in [-0.15, -0.1) is 0 Å². The molecule has 0 saturated carbocycles. The molecule has 0 amide bonds. The summed E-state index contributed by atoms with van der Waals surface area (Å²) in [7, 11) is 0. The number of hydrogen-bond donors (Lipinski definition) is 0. The third-order valence-electron chi connectivity index (χ3n) is 3.07. The highest BCUT2D eigenvalue weighted by atomic mass is 35.5. The first-order valence-corrected chi connectivity index (χ1v) is 8.06. The zero-order valence-electron chi connectivity index (χ0n) is 10.4. The van der Waals surface area contributed by atoms with Crippen LogP contribution in [0.15, 0.2) is 53.4 Å². The fraction of sp³-hybridized carbons (Fsp3) is 0.200. The van der Waals surface area contributed by atoms with Crippen molar-refractivity contribution in [3.05, 3.63) is 59.1 Å². The molecular weight excluding hydrogens is 335 g/mol. The van der Waals surface area contributed by atoms with Gasteiger partial charge in [0.15, 0.2) is 0 Å². The maximum absolute atomic E-state index is 6.48. The van der Waals surface area contributed by atoms with Gasteiger partial charge in [0.25, 0.3) is 0 Å². The van der Waals surface area contributed by atoms with E-state index in [1.807, 2.05) is 42.5 Å². The molecule has 20 heavy (non-hydrogen) atoms. The number of fused-ring (bicyclic) bond motifs is 1. The summed E-state index contributed by atoms with van der Waals surface area (Å²) in [4.78, 5) is 1.01. The summed E-state index contributed by atoms with van der Waals surface area (Å²) >= 11 is 20.3. The van der Waals surface area contributed by atoms with E-state index in [2.05, 4.69) is 0 Å². The molecule has 0 spiro atoms. The smallest absolute Gasteiger partial charge is 0.204 e. The third-order valence-corrected chi connectivity index (χ3v) is 5.30. The molecule has 2 aromatic rings. The van der Waals surface area contributed by atoms with E-state index in [4.69, 9.17) is 39.5 Å². The Balaban J connectivity index is 1.77. The molecule has 0 aliphatic carbocycles. The number of alkyl halides is 2. The van der Waals surface area contributed by atoms with Crippen molar-refractivity contribution in [1.29, 1.82) is 0 Å². The molecule has 3 rings (SSSR count). The first-order valence-electron chi connectivity index (χ1n) is 6.11. The van der Waals surface area contributed by atoms with Crippen LogP contribution >= 0.6 is 46.6 Å². The van der Waals surface area contributed by atoms with Gasteiger partial charge < -0.3 is 4.74 Å². The second-order valence-electron chi connectivity index (χ2n) is 4.54. The van der Waals surface area contributed by atoms with E-state index in [0.29, 0.717) is 11.4 Å². The van der Waals surface area contributed by atoms with Crippen molar-refractivity contribution in [3.8, 4) is 5.75 Å². The van der Waals surface area contributed by atoms with Crippen molar-refractivity contribution in [2.75, 3.05) is 0 Å². The van der Waals surface area contributed by atoms with Gasteiger partial charge in [-0.25, -0.2) is 0 Å². The number of rotatable bonds is 3. The summed E-state index contributed by atoms with van der Waals surface area (Å²) < 4.78 is 4.81. The third kappa shape index (κ3) is 3.04. The highest BCUT2D eigenvalue weighted by Gasteiger charge is 2.42. The quantitative estimate of drug-likeness (QED) is 0.531. The second kappa shape index (κ2) is 5.69. The van der Waals surface area contributed by atoms with Crippen molar-refractivity contribution in [2.24, 2.45) is 0 Å².